The van der Waals surface area contributed by atoms with Gasteiger partial charge in [0.25, 0.3) is 0 Å². The molecule has 1 aliphatic rings. The molecule has 1 aliphatic heterocycles. The molecule has 1 saturated heterocycles. The van der Waals surface area contributed by atoms with E-state index in [0.717, 1.165) is 16.0 Å². The maximum absolute atomic E-state index is 13.2. The zero-order valence-corrected chi connectivity index (χ0v) is 19.4. The molecular formula is C23H27ClN4O5. The summed E-state index contributed by atoms with van der Waals surface area (Å²) in [4.78, 5) is 39.1. The molecule has 1 fully saturated rings. The average molecular weight is 475 g/mol. The highest BCUT2D eigenvalue weighted by Gasteiger charge is 2.38. The zero-order chi connectivity index (χ0) is 24.1. The predicted molar refractivity (Wildman–Crippen MR) is 124 cm³/mol. The van der Waals surface area contributed by atoms with Crippen LogP contribution in [0.15, 0.2) is 42.5 Å². The maximum Gasteiger partial charge on any atom is 0.331 e. The van der Waals surface area contributed by atoms with Gasteiger partial charge in [0, 0.05) is 12.2 Å². The Morgan fingerprint density at radius 2 is 1.91 bits per heavy atom. The van der Waals surface area contributed by atoms with Crippen molar-refractivity contribution in [3.05, 3.63) is 58.6 Å². The van der Waals surface area contributed by atoms with E-state index < -0.39 is 24.3 Å². The van der Waals surface area contributed by atoms with Crippen molar-refractivity contribution >= 4 is 35.3 Å². The van der Waals surface area contributed by atoms with Crippen molar-refractivity contribution in [2.45, 2.75) is 46.1 Å². The largest absolute Gasteiger partial charge is 0.489 e. The molecule has 176 valence electrons. The Kier molecular flexibility index (Phi) is 7.65. The summed E-state index contributed by atoms with van der Waals surface area (Å²) in [5.41, 5.74) is 2.50. The van der Waals surface area contributed by atoms with Crippen LogP contribution in [0.1, 0.15) is 31.4 Å². The van der Waals surface area contributed by atoms with Gasteiger partial charge in [-0.05, 0) is 44.5 Å². The highest BCUT2D eigenvalue weighted by atomic mass is 35.5. The maximum atomic E-state index is 13.2. The minimum atomic E-state index is -1.10. The Bertz CT molecular complexity index is 1030. The number of rotatable bonds is 9. The SMILES string of the molecule is Cc1ccc(CN2C(=O)N(CCC(=O)O)C(=O)NC2Nc2ccc(OC(C)C)c(Cl)c2)cc1. The molecule has 0 bridgehead atoms. The number of nitrogens with zero attached hydrogens (tertiary/aromatic N) is 2. The number of benzene rings is 2. The molecule has 10 heteroatoms. The third kappa shape index (κ3) is 6.29. The Morgan fingerprint density at radius 3 is 2.52 bits per heavy atom. The third-order valence-electron chi connectivity index (χ3n) is 4.91. The predicted octanol–water partition coefficient (Wildman–Crippen LogP) is 4.25. The average Bonchev–Trinajstić information content (AvgIpc) is 2.73. The fraction of sp³-hybridized carbons (Fsp3) is 0.348. The number of amides is 4. The summed E-state index contributed by atoms with van der Waals surface area (Å²) in [5, 5.41) is 15.2. The van der Waals surface area contributed by atoms with Crippen molar-refractivity contribution in [3.63, 3.8) is 0 Å². The fourth-order valence-electron chi connectivity index (χ4n) is 3.29. The molecule has 2 aromatic rings. The second-order valence-corrected chi connectivity index (χ2v) is 8.41. The fourth-order valence-corrected chi connectivity index (χ4v) is 3.52. The minimum absolute atomic E-state index is 0.0432. The van der Waals surface area contributed by atoms with Gasteiger partial charge in [0.05, 0.1) is 24.1 Å². The number of carbonyl (C=O) groups is 3. The van der Waals surface area contributed by atoms with E-state index in [4.69, 9.17) is 21.4 Å². The molecule has 0 radical (unpaired) electrons. The molecule has 2 aromatic carbocycles. The van der Waals surface area contributed by atoms with Crippen molar-refractivity contribution in [2.24, 2.45) is 0 Å². The Balaban J connectivity index is 1.84. The number of carboxylic acids is 1. The summed E-state index contributed by atoms with van der Waals surface area (Å²) in [6, 6.07) is 11.5. The molecule has 33 heavy (non-hydrogen) atoms. The summed E-state index contributed by atoms with van der Waals surface area (Å²) < 4.78 is 5.65. The van der Waals surface area contributed by atoms with Gasteiger partial charge in [-0.3, -0.25) is 15.0 Å². The smallest absolute Gasteiger partial charge is 0.331 e. The van der Waals surface area contributed by atoms with E-state index in [-0.39, 0.29) is 25.6 Å². The number of carboxylic acid groups (broad SMARTS) is 1. The van der Waals surface area contributed by atoms with Crippen LogP contribution in [-0.2, 0) is 11.3 Å². The van der Waals surface area contributed by atoms with Crippen LogP contribution in [0.5, 0.6) is 5.75 Å². The van der Waals surface area contributed by atoms with Gasteiger partial charge in [0.1, 0.15) is 5.75 Å². The van der Waals surface area contributed by atoms with Crippen LogP contribution >= 0.6 is 11.6 Å². The number of halogens is 1. The Morgan fingerprint density at radius 1 is 1.21 bits per heavy atom. The minimum Gasteiger partial charge on any atom is -0.489 e. The molecule has 4 amide bonds. The van der Waals surface area contributed by atoms with Gasteiger partial charge < -0.3 is 15.2 Å². The number of carbonyl (C=O) groups excluding carboxylic acids is 2. The van der Waals surface area contributed by atoms with Gasteiger partial charge >= 0.3 is 18.0 Å². The van der Waals surface area contributed by atoms with E-state index in [1.807, 2.05) is 45.0 Å². The van der Waals surface area contributed by atoms with Gasteiger partial charge in [-0.25, -0.2) is 14.5 Å². The lowest BCUT2D eigenvalue weighted by atomic mass is 10.1. The van der Waals surface area contributed by atoms with E-state index >= 15 is 0 Å². The van der Waals surface area contributed by atoms with Gasteiger partial charge in [0.2, 0.25) is 0 Å². The van der Waals surface area contributed by atoms with Gasteiger partial charge in [-0.2, -0.15) is 0 Å². The summed E-state index contributed by atoms with van der Waals surface area (Å²) in [6.45, 7) is 5.72. The van der Waals surface area contributed by atoms with Gasteiger partial charge in [-0.15, -0.1) is 0 Å². The number of hydrogen-bond donors (Lipinski definition) is 3. The Labute approximate surface area is 197 Å². The van der Waals surface area contributed by atoms with E-state index in [1.165, 1.54) is 4.90 Å². The van der Waals surface area contributed by atoms with Crippen LogP contribution in [0.4, 0.5) is 15.3 Å². The third-order valence-corrected chi connectivity index (χ3v) is 5.21. The number of aliphatic carboxylic acids is 1. The number of urea groups is 2. The summed E-state index contributed by atoms with van der Waals surface area (Å²) in [6.07, 6.45) is -1.26. The van der Waals surface area contributed by atoms with Crippen molar-refractivity contribution in [1.82, 2.24) is 15.1 Å². The van der Waals surface area contributed by atoms with Crippen LogP contribution in [0.2, 0.25) is 5.02 Å². The van der Waals surface area contributed by atoms with Crippen LogP contribution in [0.3, 0.4) is 0 Å². The summed E-state index contributed by atoms with van der Waals surface area (Å²) in [5.74, 6) is -0.573. The Hall–Kier alpha value is -3.46. The normalized spacial score (nSPS) is 16.1. The molecule has 0 spiro atoms. The number of nitrogens with one attached hydrogen (secondary N) is 2. The first-order valence-corrected chi connectivity index (χ1v) is 10.9. The molecule has 0 aliphatic carbocycles. The molecule has 3 rings (SSSR count). The molecule has 0 saturated carbocycles. The van der Waals surface area contributed by atoms with Crippen molar-refractivity contribution < 1.29 is 24.2 Å². The van der Waals surface area contributed by atoms with Crippen molar-refractivity contribution in [1.29, 1.82) is 0 Å². The van der Waals surface area contributed by atoms with Crippen LogP contribution in [0, 0.1) is 6.92 Å². The molecule has 1 unspecified atom stereocenters. The molecule has 0 aromatic heterocycles. The summed E-state index contributed by atoms with van der Waals surface area (Å²) in [7, 11) is 0. The van der Waals surface area contributed by atoms with E-state index in [0.29, 0.717) is 16.5 Å². The van der Waals surface area contributed by atoms with E-state index in [1.54, 1.807) is 18.2 Å². The second-order valence-electron chi connectivity index (χ2n) is 8.00. The van der Waals surface area contributed by atoms with Crippen LogP contribution in [0.25, 0.3) is 0 Å². The number of hydrogen-bond acceptors (Lipinski definition) is 5. The monoisotopic (exact) mass is 474 g/mol. The van der Waals surface area contributed by atoms with Crippen LogP contribution in [-0.4, -0.2) is 51.9 Å². The molecule has 3 N–H and O–H groups in total. The van der Waals surface area contributed by atoms with Crippen LogP contribution < -0.4 is 15.4 Å². The first-order chi connectivity index (χ1) is 15.6. The highest BCUT2D eigenvalue weighted by Crippen LogP contribution is 2.29. The molecular weight excluding hydrogens is 448 g/mol. The number of aryl methyl sites for hydroxylation is 1. The molecule has 9 nitrogen and oxygen atoms in total. The first kappa shape index (κ1) is 24.2. The lowest BCUT2D eigenvalue weighted by Gasteiger charge is -2.41. The van der Waals surface area contributed by atoms with Crippen molar-refractivity contribution in [2.75, 3.05) is 11.9 Å². The second kappa shape index (κ2) is 10.4. The topological polar surface area (TPSA) is 111 Å². The molecule has 1 atom stereocenters. The zero-order valence-electron chi connectivity index (χ0n) is 18.7. The number of imide groups is 1. The van der Waals surface area contributed by atoms with Crippen molar-refractivity contribution in [3.8, 4) is 5.75 Å². The number of ether oxygens (including phenoxy) is 1. The molecule has 1 heterocycles. The lowest BCUT2D eigenvalue weighted by molar-refractivity contribution is -0.137. The lowest BCUT2D eigenvalue weighted by Crippen LogP contribution is -2.67. The standard InChI is InChI=1S/C23H27ClN4O5/c1-14(2)33-19-9-8-17(12-18(19)24)25-21-26-22(31)27(11-10-20(29)30)23(32)28(21)13-16-6-4-15(3)5-7-16/h4-9,12,14,21,25H,10-11,13H2,1-3H3,(H,26,31)(H,29,30). The highest BCUT2D eigenvalue weighted by molar-refractivity contribution is 6.32. The number of anilines is 1. The quantitative estimate of drug-likeness (QED) is 0.501. The van der Waals surface area contributed by atoms with E-state index in [2.05, 4.69) is 10.6 Å². The summed E-state index contributed by atoms with van der Waals surface area (Å²) >= 11 is 6.33. The van der Waals surface area contributed by atoms with Gasteiger partial charge in [0.15, 0.2) is 6.29 Å². The van der Waals surface area contributed by atoms with Gasteiger partial charge in [-0.1, -0.05) is 41.4 Å². The first-order valence-electron chi connectivity index (χ1n) is 10.5. The van der Waals surface area contributed by atoms with E-state index in [9.17, 15) is 14.4 Å².